The number of hydrogen-bond donors (Lipinski definition) is 1. The van der Waals surface area contributed by atoms with E-state index in [1.54, 1.807) is 0 Å². The minimum absolute atomic E-state index is 0.140. The van der Waals surface area contributed by atoms with E-state index in [0.717, 1.165) is 23.6 Å². The highest BCUT2D eigenvalue weighted by molar-refractivity contribution is 6.31. The molecule has 2 nitrogen and oxygen atoms in total. The lowest BCUT2D eigenvalue weighted by Gasteiger charge is -2.22. The van der Waals surface area contributed by atoms with Gasteiger partial charge in [0.2, 0.25) is 0 Å². The van der Waals surface area contributed by atoms with Crippen LogP contribution in [0.5, 0.6) is 0 Å². The summed E-state index contributed by atoms with van der Waals surface area (Å²) in [6.07, 6.45) is 4.90. The van der Waals surface area contributed by atoms with Gasteiger partial charge in [-0.05, 0) is 55.1 Å². The number of hydrogen-bond acceptors (Lipinski definition) is 2. The molecule has 20 heavy (non-hydrogen) atoms. The van der Waals surface area contributed by atoms with Crippen LogP contribution in [-0.2, 0) is 0 Å². The fourth-order valence-electron chi connectivity index (χ4n) is 2.37. The van der Waals surface area contributed by atoms with Crippen molar-refractivity contribution in [1.82, 2.24) is 10.3 Å². The molecule has 0 aliphatic carbocycles. The topological polar surface area (TPSA) is 24.9 Å². The van der Waals surface area contributed by atoms with E-state index >= 15 is 0 Å². The number of aryl methyl sites for hydroxylation is 1. The third-order valence-electron chi connectivity index (χ3n) is 3.45. The first-order valence-corrected chi connectivity index (χ1v) is 7.41. The smallest absolute Gasteiger partial charge is 0.0595 e. The van der Waals surface area contributed by atoms with Crippen molar-refractivity contribution in [2.75, 3.05) is 6.54 Å². The van der Waals surface area contributed by atoms with E-state index in [-0.39, 0.29) is 6.04 Å². The van der Waals surface area contributed by atoms with Gasteiger partial charge in [0.25, 0.3) is 0 Å². The molecule has 106 valence electrons. The van der Waals surface area contributed by atoms with Crippen molar-refractivity contribution in [2.45, 2.75) is 33.2 Å². The summed E-state index contributed by atoms with van der Waals surface area (Å²) in [4.78, 5) is 4.32. The van der Waals surface area contributed by atoms with Gasteiger partial charge in [-0.15, -0.1) is 0 Å². The van der Waals surface area contributed by atoms with E-state index in [1.807, 2.05) is 24.5 Å². The first kappa shape index (κ1) is 15.0. The van der Waals surface area contributed by atoms with Crippen molar-refractivity contribution in [3.63, 3.8) is 0 Å². The van der Waals surface area contributed by atoms with Crippen molar-refractivity contribution in [3.8, 4) is 0 Å². The van der Waals surface area contributed by atoms with Crippen LogP contribution in [0.3, 0.4) is 0 Å². The highest BCUT2D eigenvalue weighted by atomic mass is 35.5. The minimum atomic E-state index is 0.140. The number of nitrogens with zero attached hydrogens (tertiary/aromatic N) is 1. The minimum Gasteiger partial charge on any atom is -0.306 e. The Morgan fingerprint density at radius 1 is 1.25 bits per heavy atom. The van der Waals surface area contributed by atoms with Gasteiger partial charge in [-0.2, -0.15) is 0 Å². The van der Waals surface area contributed by atoms with Crippen molar-refractivity contribution >= 4 is 11.6 Å². The molecule has 0 spiro atoms. The number of aromatic nitrogens is 1. The average molecular weight is 289 g/mol. The van der Waals surface area contributed by atoms with E-state index in [2.05, 4.69) is 43.2 Å². The van der Waals surface area contributed by atoms with Crippen molar-refractivity contribution in [2.24, 2.45) is 0 Å². The van der Waals surface area contributed by atoms with Crippen LogP contribution in [0.4, 0.5) is 0 Å². The van der Waals surface area contributed by atoms with Crippen LogP contribution in [0, 0.1) is 13.8 Å². The maximum Gasteiger partial charge on any atom is 0.0595 e. The molecule has 1 unspecified atom stereocenters. The van der Waals surface area contributed by atoms with Crippen molar-refractivity contribution < 1.29 is 0 Å². The first-order chi connectivity index (χ1) is 9.63. The molecule has 0 aliphatic rings. The van der Waals surface area contributed by atoms with Gasteiger partial charge in [0.1, 0.15) is 0 Å². The van der Waals surface area contributed by atoms with Crippen LogP contribution >= 0.6 is 11.6 Å². The van der Waals surface area contributed by atoms with E-state index in [0.29, 0.717) is 0 Å². The van der Waals surface area contributed by atoms with Crippen molar-refractivity contribution in [1.29, 1.82) is 0 Å². The zero-order valence-corrected chi connectivity index (χ0v) is 13.0. The monoisotopic (exact) mass is 288 g/mol. The summed E-state index contributed by atoms with van der Waals surface area (Å²) in [6, 6.07) is 8.40. The molecule has 2 rings (SSSR count). The fraction of sp³-hybridized carbons (Fsp3) is 0.353. The van der Waals surface area contributed by atoms with Gasteiger partial charge in [0.05, 0.1) is 6.04 Å². The number of benzene rings is 1. The molecule has 0 saturated heterocycles. The summed E-state index contributed by atoms with van der Waals surface area (Å²) in [5.74, 6) is 0. The summed E-state index contributed by atoms with van der Waals surface area (Å²) in [5.41, 5.74) is 4.71. The van der Waals surface area contributed by atoms with E-state index < -0.39 is 0 Å². The quantitative estimate of drug-likeness (QED) is 0.880. The van der Waals surface area contributed by atoms with Gasteiger partial charge < -0.3 is 5.32 Å². The van der Waals surface area contributed by atoms with E-state index in [9.17, 15) is 0 Å². The zero-order chi connectivity index (χ0) is 14.5. The lowest BCUT2D eigenvalue weighted by atomic mass is 9.95. The van der Waals surface area contributed by atoms with Crippen molar-refractivity contribution in [3.05, 3.63) is 63.9 Å². The third-order valence-corrected chi connectivity index (χ3v) is 3.86. The number of nitrogens with one attached hydrogen (secondary N) is 1. The van der Waals surface area contributed by atoms with Crippen LogP contribution in [0.2, 0.25) is 5.02 Å². The Morgan fingerprint density at radius 2 is 2.05 bits per heavy atom. The summed E-state index contributed by atoms with van der Waals surface area (Å²) in [6.45, 7) is 7.27. The maximum absolute atomic E-state index is 6.27. The molecule has 1 heterocycles. The van der Waals surface area contributed by atoms with Gasteiger partial charge in [-0.1, -0.05) is 36.7 Å². The van der Waals surface area contributed by atoms with Gasteiger partial charge in [0.15, 0.2) is 0 Å². The molecular formula is C17H21ClN2. The summed E-state index contributed by atoms with van der Waals surface area (Å²) in [5, 5.41) is 4.41. The molecule has 0 saturated carbocycles. The molecule has 3 heteroatoms. The number of pyridine rings is 1. The second-order valence-corrected chi connectivity index (χ2v) is 5.54. The number of halogens is 1. The highest BCUT2D eigenvalue weighted by Gasteiger charge is 2.17. The predicted molar refractivity (Wildman–Crippen MR) is 85.3 cm³/mol. The number of rotatable bonds is 5. The predicted octanol–water partition coefficient (Wildman–Crippen LogP) is 4.44. The molecule has 0 bridgehead atoms. The normalized spacial score (nSPS) is 12.4. The lowest BCUT2D eigenvalue weighted by molar-refractivity contribution is 0.594. The maximum atomic E-state index is 6.27. The Kier molecular flexibility index (Phi) is 5.16. The molecule has 0 aliphatic heterocycles. The Labute approximate surface area is 126 Å². The molecule has 1 aromatic carbocycles. The second-order valence-electron chi connectivity index (χ2n) is 5.14. The lowest BCUT2D eigenvalue weighted by Crippen LogP contribution is -2.24. The third kappa shape index (κ3) is 3.38. The molecular weight excluding hydrogens is 268 g/mol. The Balaban J connectivity index is 2.44. The van der Waals surface area contributed by atoms with Gasteiger partial charge in [-0.3, -0.25) is 4.98 Å². The molecule has 1 N–H and O–H groups in total. The SMILES string of the molecule is CCCNC(c1cncc(C)c1)c1cccc(Cl)c1C. The summed E-state index contributed by atoms with van der Waals surface area (Å²) >= 11 is 6.27. The molecule has 0 fully saturated rings. The van der Waals surface area contributed by atoms with Gasteiger partial charge in [-0.25, -0.2) is 0 Å². The zero-order valence-electron chi connectivity index (χ0n) is 12.3. The van der Waals surface area contributed by atoms with Gasteiger partial charge >= 0.3 is 0 Å². The van der Waals surface area contributed by atoms with Crippen LogP contribution in [0.1, 0.15) is 41.6 Å². The van der Waals surface area contributed by atoms with Gasteiger partial charge in [0, 0.05) is 17.4 Å². The molecule has 0 amide bonds. The largest absolute Gasteiger partial charge is 0.306 e. The molecule has 1 aromatic heterocycles. The first-order valence-electron chi connectivity index (χ1n) is 7.03. The fourth-order valence-corrected chi connectivity index (χ4v) is 2.55. The standard InChI is InChI=1S/C17H21ClN2/c1-4-8-20-17(14-9-12(2)10-19-11-14)15-6-5-7-16(18)13(15)3/h5-7,9-11,17,20H,4,8H2,1-3H3. The second kappa shape index (κ2) is 6.87. The molecule has 2 aromatic rings. The molecule has 1 atom stereocenters. The Hall–Kier alpha value is -1.38. The van der Waals surface area contributed by atoms with E-state index in [1.165, 1.54) is 16.7 Å². The Bertz CT molecular complexity index is 581. The van der Waals surface area contributed by atoms with E-state index in [4.69, 9.17) is 11.6 Å². The molecule has 0 radical (unpaired) electrons. The Morgan fingerprint density at radius 3 is 2.75 bits per heavy atom. The highest BCUT2D eigenvalue weighted by Crippen LogP contribution is 2.28. The summed E-state index contributed by atoms with van der Waals surface area (Å²) < 4.78 is 0. The summed E-state index contributed by atoms with van der Waals surface area (Å²) in [7, 11) is 0. The van der Waals surface area contributed by atoms with Crippen LogP contribution < -0.4 is 5.32 Å². The van der Waals surface area contributed by atoms with Crippen LogP contribution in [0.25, 0.3) is 0 Å². The average Bonchev–Trinajstić information content (AvgIpc) is 2.44. The van der Waals surface area contributed by atoms with Crippen LogP contribution in [-0.4, -0.2) is 11.5 Å². The van der Waals surface area contributed by atoms with Crippen LogP contribution in [0.15, 0.2) is 36.7 Å².